The summed E-state index contributed by atoms with van der Waals surface area (Å²) in [7, 11) is 0. The van der Waals surface area contributed by atoms with Crippen molar-refractivity contribution in [1.29, 1.82) is 0 Å². The van der Waals surface area contributed by atoms with Crippen LogP contribution in [0.1, 0.15) is 5.56 Å². The summed E-state index contributed by atoms with van der Waals surface area (Å²) in [5.41, 5.74) is 1.53. The van der Waals surface area contributed by atoms with E-state index in [0.717, 1.165) is 11.3 Å². The van der Waals surface area contributed by atoms with Crippen molar-refractivity contribution in [2.75, 3.05) is 0 Å². The lowest BCUT2D eigenvalue weighted by Crippen LogP contribution is -2.27. The molecule has 1 unspecified atom stereocenters. The molecule has 0 saturated heterocycles. The average molecular weight is 257 g/mol. The Hall–Kier alpha value is -2.00. The van der Waals surface area contributed by atoms with Crippen LogP contribution >= 0.6 is 11.6 Å². The second-order valence-electron chi connectivity index (χ2n) is 4.04. The number of nitrogens with zero attached hydrogens (tertiary/aromatic N) is 2. The third-order valence-electron chi connectivity index (χ3n) is 2.82. The van der Waals surface area contributed by atoms with Crippen LogP contribution in [0.5, 0.6) is 0 Å². The van der Waals surface area contributed by atoms with Crippen molar-refractivity contribution in [3.8, 4) is 0 Å². The predicted molar refractivity (Wildman–Crippen MR) is 72.2 cm³/mol. The highest BCUT2D eigenvalue weighted by Crippen LogP contribution is 2.19. The third kappa shape index (κ3) is 1.93. The minimum atomic E-state index is -0.328. The molecular formula is C14H9ClN2O. The molecule has 4 heteroatoms. The van der Waals surface area contributed by atoms with E-state index < -0.39 is 0 Å². The summed E-state index contributed by atoms with van der Waals surface area (Å²) in [6.07, 6.45) is 7.36. The number of fused-ring (bicyclic) bond motifs is 1. The average Bonchev–Trinajstić information content (AvgIpc) is 2.39. The summed E-state index contributed by atoms with van der Waals surface area (Å²) in [4.78, 5) is 20.3. The number of amidine groups is 1. The first-order valence-corrected chi connectivity index (χ1v) is 5.94. The summed E-state index contributed by atoms with van der Waals surface area (Å²) < 4.78 is 0. The number of allylic oxidation sites excluding steroid dienone is 3. The molecule has 0 aromatic heterocycles. The molecule has 1 heterocycles. The first kappa shape index (κ1) is 11.1. The van der Waals surface area contributed by atoms with Crippen LogP contribution in [0.25, 0.3) is 0 Å². The molecule has 1 aromatic carbocycles. The zero-order chi connectivity index (χ0) is 12.5. The van der Waals surface area contributed by atoms with Crippen LogP contribution in [0.4, 0.5) is 0 Å². The van der Waals surface area contributed by atoms with Crippen LogP contribution in [-0.4, -0.2) is 17.5 Å². The van der Waals surface area contributed by atoms with Crippen LogP contribution in [0.15, 0.2) is 58.6 Å². The van der Waals surface area contributed by atoms with Gasteiger partial charge in [-0.1, -0.05) is 29.8 Å². The Bertz CT molecular complexity index is 624. The number of carbonyl (C=O) groups is 1. The monoisotopic (exact) mass is 256 g/mol. The molecule has 88 valence electrons. The number of rotatable bonds is 1. The minimum absolute atomic E-state index is 0.175. The lowest BCUT2D eigenvalue weighted by Gasteiger charge is -2.17. The Morgan fingerprint density at radius 3 is 2.61 bits per heavy atom. The standard InChI is InChI=1S/C14H9ClN2O/c15-10-7-5-9(6-8-10)13-16-12-4-2-1-3-11(12)14(18)17-13/h1-8,11H. The van der Waals surface area contributed by atoms with Gasteiger partial charge in [-0.05, 0) is 30.3 Å². The molecule has 0 saturated carbocycles. The summed E-state index contributed by atoms with van der Waals surface area (Å²) in [5, 5.41) is 0.646. The fourth-order valence-corrected chi connectivity index (χ4v) is 2.02. The molecule has 0 fully saturated rings. The molecule has 18 heavy (non-hydrogen) atoms. The molecule has 0 spiro atoms. The summed E-state index contributed by atoms with van der Waals surface area (Å²) in [5.74, 6) is -0.0560. The van der Waals surface area contributed by atoms with Crippen molar-refractivity contribution >= 4 is 29.1 Å². The van der Waals surface area contributed by atoms with Crippen molar-refractivity contribution < 1.29 is 4.79 Å². The van der Waals surface area contributed by atoms with Crippen molar-refractivity contribution in [2.24, 2.45) is 15.9 Å². The van der Waals surface area contributed by atoms with E-state index in [1.54, 1.807) is 24.3 Å². The Morgan fingerprint density at radius 1 is 1.06 bits per heavy atom. The van der Waals surface area contributed by atoms with E-state index in [9.17, 15) is 4.79 Å². The molecule has 1 amide bonds. The van der Waals surface area contributed by atoms with E-state index in [1.165, 1.54) is 0 Å². The maximum absolute atomic E-state index is 11.9. The first-order chi connectivity index (χ1) is 8.74. The van der Waals surface area contributed by atoms with E-state index in [1.807, 2.05) is 24.3 Å². The normalized spacial score (nSPS) is 21.4. The number of hydrogen-bond acceptors (Lipinski definition) is 2. The molecule has 1 aromatic rings. The largest absolute Gasteiger partial charge is 0.271 e. The molecule has 3 nitrogen and oxygen atoms in total. The Balaban J connectivity index is 2.02. The van der Waals surface area contributed by atoms with Crippen LogP contribution in [0.2, 0.25) is 5.02 Å². The summed E-state index contributed by atoms with van der Waals surface area (Å²) in [6, 6.07) is 7.13. The zero-order valence-electron chi connectivity index (χ0n) is 9.38. The highest BCUT2D eigenvalue weighted by Gasteiger charge is 2.26. The van der Waals surface area contributed by atoms with Gasteiger partial charge in [-0.15, -0.1) is 0 Å². The molecule has 1 aliphatic carbocycles. The lowest BCUT2D eigenvalue weighted by molar-refractivity contribution is -0.118. The van der Waals surface area contributed by atoms with Gasteiger partial charge in [-0.25, -0.2) is 4.99 Å². The highest BCUT2D eigenvalue weighted by atomic mass is 35.5. The van der Waals surface area contributed by atoms with Gasteiger partial charge in [-0.2, -0.15) is 4.99 Å². The molecule has 0 radical (unpaired) electrons. The van der Waals surface area contributed by atoms with Gasteiger partial charge in [-0.3, -0.25) is 4.79 Å². The number of halogens is 1. The second kappa shape index (κ2) is 4.35. The highest BCUT2D eigenvalue weighted by molar-refractivity contribution is 6.31. The minimum Gasteiger partial charge on any atom is -0.271 e. The van der Waals surface area contributed by atoms with Gasteiger partial charge < -0.3 is 0 Å². The first-order valence-electron chi connectivity index (χ1n) is 5.56. The maximum Gasteiger partial charge on any atom is 0.260 e. The van der Waals surface area contributed by atoms with Crippen molar-refractivity contribution in [3.63, 3.8) is 0 Å². The van der Waals surface area contributed by atoms with E-state index in [0.29, 0.717) is 10.9 Å². The molecule has 1 aliphatic heterocycles. The maximum atomic E-state index is 11.9. The molecular weight excluding hydrogens is 248 g/mol. The Morgan fingerprint density at radius 2 is 1.83 bits per heavy atom. The van der Waals surface area contributed by atoms with Gasteiger partial charge >= 0.3 is 0 Å². The van der Waals surface area contributed by atoms with Crippen LogP contribution in [-0.2, 0) is 4.79 Å². The van der Waals surface area contributed by atoms with Crippen molar-refractivity contribution in [3.05, 3.63) is 59.2 Å². The molecule has 1 atom stereocenters. The SMILES string of the molecule is O=C1N=C(c2ccc(Cl)cc2)N=C2C=CC=CC12. The number of carbonyl (C=O) groups excluding carboxylic acids is 1. The van der Waals surface area contributed by atoms with Crippen LogP contribution in [0.3, 0.4) is 0 Å². The fourth-order valence-electron chi connectivity index (χ4n) is 1.90. The topological polar surface area (TPSA) is 41.8 Å². The van der Waals surface area contributed by atoms with Gasteiger partial charge in [0.25, 0.3) is 5.91 Å². The number of hydrogen-bond donors (Lipinski definition) is 0. The number of amides is 1. The van der Waals surface area contributed by atoms with Crippen LogP contribution in [0, 0.1) is 5.92 Å². The molecule has 0 N–H and O–H groups in total. The van der Waals surface area contributed by atoms with Gasteiger partial charge in [0.15, 0.2) is 5.84 Å². The number of aliphatic imine (C=N–C) groups is 2. The third-order valence-corrected chi connectivity index (χ3v) is 3.07. The van der Waals surface area contributed by atoms with Gasteiger partial charge in [0, 0.05) is 10.6 Å². The lowest BCUT2D eigenvalue weighted by atomic mass is 9.96. The van der Waals surface area contributed by atoms with E-state index in [2.05, 4.69) is 9.98 Å². The number of benzene rings is 1. The van der Waals surface area contributed by atoms with E-state index in [4.69, 9.17) is 11.6 Å². The predicted octanol–water partition coefficient (Wildman–Crippen LogP) is 2.81. The fraction of sp³-hybridized carbons (Fsp3) is 0.0714. The van der Waals surface area contributed by atoms with Crippen molar-refractivity contribution in [1.82, 2.24) is 0 Å². The molecule has 3 rings (SSSR count). The molecule has 0 bridgehead atoms. The zero-order valence-corrected chi connectivity index (χ0v) is 10.1. The molecule has 2 aliphatic rings. The Kier molecular flexibility index (Phi) is 2.68. The van der Waals surface area contributed by atoms with Gasteiger partial charge in [0.2, 0.25) is 0 Å². The summed E-state index contributed by atoms with van der Waals surface area (Å²) >= 11 is 5.83. The van der Waals surface area contributed by atoms with E-state index >= 15 is 0 Å². The van der Waals surface area contributed by atoms with Crippen molar-refractivity contribution in [2.45, 2.75) is 0 Å². The van der Waals surface area contributed by atoms with Crippen LogP contribution < -0.4 is 0 Å². The van der Waals surface area contributed by atoms with E-state index in [-0.39, 0.29) is 11.8 Å². The summed E-state index contributed by atoms with van der Waals surface area (Å²) in [6.45, 7) is 0. The smallest absolute Gasteiger partial charge is 0.260 e. The van der Waals surface area contributed by atoms with Gasteiger partial charge in [0.1, 0.15) is 5.92 Å². The second-order valence-corrected chi connectivity index (χ2v) is 4.48. The quantitative estimate of drug-likeness (QED) is 0.762. The van der Waals surface area contributed by atoms with Gasteiger partial charge in [0.05, 0.1) is 5.71 Å². The Labute approximate surface area is 109 Å².